The fourth-order valence-corrected chi connectivity index (χ4v) is 2.96. The molecule has 0 radical (unpaired) electrons. The van der Waals surface area contributed by atoms with Gasteiger partial charge in [0.25, 0.3) is 0 Å². The Bertz CT molecular complexity index is 997. The van der Waals surface area contributed by atoms with E-state index in [0.29, 0.717) is 10.7 Å². The van der Waals surface area contributed by atoms with Gasteiger partial charge in [-0.05, 0) is 24.3 Å². The minimum Gasteiger partial charge on any atom is -0.347 e. The van der Waals surface area contributed by atoms with Crippen LogP contribution in [0.4, 0.5) is 0 Å². The van der Waals surface area contributed by atoms with Gasteiger partial charge in [-0.25, -0.2) is 4.68 Å². The lowest BCUT2D eigenvalue weighted by Gasteiger charge is -2.19. The predicted octanol–water partition coefficient (Wildman–Crippen LogP) is 3.28. The summed E-state index contributed by atoms with van der Waals surface area (Å²) >= 11 is 6.02. The van der Waals surface area contributed by atoms with E-state index in [4.69, 9.17) is 16.7 Å². The number of rotatable bonds is 6. The van der Waals surface area contributed by atoms with E-state index in [1.165, 1.54) is 9.80 Å². The summed E-state index contributed by atoms with van der Waals surface area (Å²) in [5.74, 6) is -0.276. The number of nitrogens with zero attached hydrogens (tertiary/aromatic N) is 4. The van der Waals surface area contributed by atoms with E-state index in [1.807, 2.05) is 48.7 Å². The second-order valence-electron chi connectivity index (χ2n) is 7.00. The molecule has 0 N–H and O–H groups in total. The fourth-order valence-electron chi connectivity index (χ4n) is 2.83. The lowest BCUT2D eigenvalue weighted by atomic mass is 10.1. The standard InChI is InChI=1S/C22H23ClN4O2/c1-25(2)21(29)15-26(3)20(28)13-17-14-27(19-7-5-4-6-8-19)24-22(17)16-9-11-18(23)12-10-16/h4-12,14H,13,15H2,1-3H3. The molecule has 0 spiro atoms. The average Bonchev–Trinajstić information content (AvgIpc) is 3.12. The number of hydrogen-bond donors (Lipinski definition) is 0. The maximum absolute atomic E-state index is 12.8. The van der Waals surface area contributed by atoms with Crippen LogP contribution in [-0.4, -0.2) is 59.1 Å². The molecule has 0 saturated carbocycles. The first-order chi connectivity index (χ1) is 13.8. The Labute approximate surface area is 175 Å². The fraction of sp³-hybridized carbons (Fsp3) is 0.227. The summed E-state index contributed by atoms with van der Waals surface area (Å²) in [6.07, 6.45) is 2.00. The van der Waals surface area contributed by atoms with Gasteiger partial charge in [0.1, 0.15) is 0 Å². The van der Waals surface area contributed by atoms with Crippen molar-refractivity contribution in [2.75, 3.05) is 27.7 Å². The highest BCUT2D eigenvalue weighted by Crippen LogP contribution is 2.26. The summed E-state index contributed by atoms with van der Waals surface area (Å²) in [4.78, 5) is 27.6. The molecule has 1 heterocycles. The highest BCUT2D eigenvalue weighted by Gasteiger charge is 2.19. The number of aromatic nitrogens is 2. The van der Waals surface area contributed by atoms with Crippen molar-refractivity contribution in [2.45, 2.75) is 6.42 Å². The highest BCUT2D eigenvalue weighted by atomic mass is 35.5. The molecule has 0 saturated heterocycles. The Hall–Kier alpha value is -3.12. The molecule has 0 aliphatic heterocycles. The molecule has 1 aromatic heterocycles. The van der Waals surface area contributed by atoms with Crippen molar-refractivity contribution in [1.82, 2.24) is 19.6 Å². The number of carbonyl (C=O) groups is 2. The second kappa shape index (κ2) is 8.92. The van der Waals surface area contributed by atoms with Crippen LogP contribution in [0, 0.1) is 0 Å². The molecule has 0 unspecified atom stereocenters. The monoisotopic (exact) mass is 410 g/mol. The quantitative estimate of drug-likeness (QED) is 0.626. The number of hydrogen-bond acceptors (Lipinski definition) is 3. The van der Waals surface area contributed by atoms with Crippen LogP contribution in [0.1, 0.15) is 5.56 Å². The van der Waals surface area contributed by atoms with Gasteiger partial charge in [-0.15, -0.1) is 0 Å². The van der Waals surface area contributed by atoms with Crippen LogP contribution in [0.25, 0.3) is 16.9 Å². The third-order valence-corrected chi connectivity index (χ3v) is 4.82. The number of amides is 2. The molecule has 2 aromatic carbocycles. The topological polar surface area (TPSA) is 58.4 Å². The van der Waals surface area contributed by atoms with Crippen molar-refractivity contribution >= 4 is 23.4 Å². The molecule has 0 bridgehead atoms. The molecule has 29 heavy (non-hydrogen) atoms. The predicted molar refractivity (Wildman–Crippen MR) is 114 cm³/mol. The van der Waals surface area contributed by atoms with E-state index in [0.717, 1.165) is 16.8 Å². The molecular formula is C22H23ClN4O2. The molecule has 0 fully saturated rings. The van der Waals surface area contributed by atoms with Gasteiger partial charge in [-0.1, -0.05) is 41.9 Å². The van der Waals surface area contributed by atoms with Crippen LogP contribution in [0.5, 0.6) is 0 Å². The Morgan fingerprint density at radius 1 is 0.966 bits per heavy atom. The van der Waals surface area contributed by atoms with E-state index in [-0.39, 0.29) is 24.8 Å². The SMILES string of the molecule is CN(C)C(=O)CN(C)C(=O)Cc1cn(-c2ccccc2)nc1-c1ccc(Cl)cc1. The zero-order valence-electron chi connectivity index (χ0n) is 16.7. The first-order valence-corrected chi connectivity index (χ1v) is 9.57. The number of para-hydroxylation sites is 1. The van der Waals surface area contributed by atoms with Gasteiger partial charge < -0.3 is 9.80 Å². The van der Waals surface area contributed by atoms with Crippen LogP contribution in [0.3, 0.4) is 0 Å². The number of carbonyl (C=O) groups excluding carboxylic acids is 2. The van der Waals surface area contributed by atoms with Crippen molar-refractivity contribution < 1.29 is 9.59 Å². The number of halogens is 1. The van der Waals surface area contributed by atoms with Gasteiger partial charge in [0, 0.05) is 43.5 Å². The lowest BCUT2D eigenvalue weighted by Crippen LogP contribution is -2.38. The molecule has 150 valence electrons. The van der Waals surface area contributed by atoms with E-state index >= 15 is 0 Å². The Kier molecular flexibility index (Phi) is 6.34. The van der Waals surface area contributed by atoms with Crippen molar-refractivity contribution in [2.24, 2.45) is 0 Å². The Balaban J connectivity index is 1.91. The van der Waals surface area contributed by atoms with Crippen LogP contribution < -0.4 is 0 Å². The molecule has 3 aromatic rings. The molecule has 2 amide bonds. The Morgan fingerprint density at radius 2 is 1.62 bits per heavy atom. The van der Waals surface area contributed by atoms with Crippen LogP contribution in [0.2, 0.25) is 5.02 Å². The Morgan fingerprint density at radius 3 is 2.24 bits per heavy atom. The van der Waals surface area contributed by atoms with Gasteiger partial charge in [-0.2, -0.15) is 5.10 Å². The van der Waals surface area contributed by atoms with Crippen molar-refractivity contribution in [3.63, 3.8) is 0 Å². The maximum Gasteiger partial charge on any atom is 0.241 e. The van der Waals surface area contributed by atoms with E-state index in [9.17, 15) is 9.59 Å². The zero-order chi connectivity index (χ0) is 21.0. The summed E-state index contributed by atoms with van der Waals surface area (Å²) in [5, 5.41) is 5.34. The molecule has 0 aliphatic rings. The normalized spacial score (nSPS) is 10.6. The van der Waals surface area contributed by atoms with Crippen molar-refractivity contribution in [3.05, 3.63) is 71.4 Å². The maximum atomic E-state index is 12.8. The minimum atomic E-state index is -0.150. The minimum absolute atomic E-state index is 0.0366. The first-order valence-electron chi connectivity index (χ1n) is 9.19. The number of benzene rings is 2. The zero-order valence-corrected chi connectivity index (χ0v) is 17.4. The summed E-state index contributed by atoms with van der Waals surface area (Å²) in [6, 6.07) is 17.1. The van der Waals surface area contributed by atoms with Crippen molar-refractivity contribution in [1.29, 1.82) is 0 Å². The van der Waals surface area contributed by atoms with Gasteiger partial charge in [0.05, 0.1) is 24.3 Å². The van der Waals surface area contributed by atoms with E-state index in [2.05, 4.69) is 0 Å². The molecule has 0 aliphatic carbocycles. The lowest BCUT2D eigenvalue weighted by molar-refractivity contribution is -0.137. The van der Waals surface area contributed by atoms with Crippen LogP contribution >= 0.6 is 11.6 Å². The van der Waals surface area contributed by atoms with Gasteiger partial charge in [0.15, 0.2) is 0 Å². The van der Waals surface area contributed by atoms with Gasteiger partial charge in [-0.3, -0.25) is 9.59 Å². The first kappa shape index (κ1) is 20.6. The molecule has 3 rings (SSSR count). The number of likely N-dealkylation sites (N-methyl/N-ethyl adjacent to an activating group) is 2. The highest BCUT2D eigenvalue weighted by molar-refractivity contribution is 6.30. The second-order valence-corrected chi connectivity index (χ2v) is 7.44. The summed E-state index contributed by atoms with van der Waals surface area (Å²) in [5.41, 5.74) is 3.27. The average molecular weight is 411 g/mol. The summed E-state index contributed by atoms with van der Waals surface area (Å²) in [7, 11) is 4.97. The molecular weight excluding hydrogens is 388 g/mol. The van der Waals surface area contributed by atoms with E-state index < -0.39 is 0 Å². The third-order valence-electron chi connectivity index (χ3n) is 4.57. The molecule has 0 atom stereocenters. The summed E-state index contributed by atoms with van der Waals surface area (Å²) < 4.78 is 1.76. The van der Waals surface area contributed by atoms with Crippen LogP contribution in [-0.2, 0) is 16.0 Å². The molecule has 6 nitrogen and oxygen atoms in total. The smallest absolute Gasteiger partial charge is 0.241 e. The largest absolute Gasteiger partial charge is 0.347 e. The molecule has 7 heteroatoms. The van der Waals surface area contributed by atoms with Gasteiger partial charge >= 0.3 is 0 Å². The summed E-state index contributed by atoms with van der Waals surface area (Å²) in [6.45, 7) is 0.0366. The van der Waals surface area contributed by atoms with Crippen molar-refractivity contribution in [3.8, 4) is 16.9 Å². The van der Waals surface area contributed by atoms with E-state index in [1.54, 1.807) is 38.0 Å². The van der Waals surface area contributed by atoms with Crippen LogP contribution in [0.15, 0.2) is 60.8 Å². The third kappa shape index (κ3) is 5.03. The van der Waals surface area contributed by atoms with Gasteiger partial charge in [0.2, 0.25) is 11.8 Å².